The molecular weight excluding hydrogens is 506 g/mol. The van der Waals surface area contributed by atoms with Gasteiger partial charge in [-0.2, -0.15) is 5.10 Å². The number of methoxy groups -OCH3 is 2. The molecule has 1 atom stereocenters. The number of aromatic nitrogens is 2. The molecule has 2 aromatic rings. The van der Waals surface area contributed by atoms with Crippen LogP contribution >= 0.6 is 0 Å². The van der Waals surface area contributed by atoms with Gasteiger partial charge in [0.2, 0.25) is 5.91 Å². The molecule has 0 spiro atoms. The second-order valence-corrected chi connectivity index (χ2v) is 11.6. The molecule has 2 aliphatic carbocycles. The zero-order chi connectivity index (χ0) is 27.9. The number of rotatable bonds is 12. The van der Waals surface area contributed by atoms with Crippen LogP contribution in [0, 0.1) is 0 Å². The number of amides is 2. The number of piperidine rings is 1. The van der Waals surface area contributed by atoms with Crippen molar-refractivity contribution in [1.29, 1.82) is 0 Å². The molecule has 2 saturated carbocycles. The van der Waals surface area contributed by atoms with Gasteiger partial charge in [-0.25, -0.2) is 0 Å². The Morgan fingerprint density at radius 2 is 1.68 bits per heavy atom. The minimum absolute atomic E-state index is 0.0181. The first-order valence-electron chi connectivity index (χ1n) is 15.2. The monoisotopic (exact) mass is 551 g/mol. The van der Waals surface area contributed by atoms with E-state index in [-0.39, 0.29) is 36.4 Å². The van der Waals surface area contributed by atoms with E-state index >= 15 is 0 Å². The maximum absolute atomic E-state index is 13.7. The van der Waals surface area contributed by atoms with Crippen molar-refractivity contribution in [3.8, 4) is 22.8 Å². The van der Waals surface area contributed by atoms with Crippen molar-refractivity contribution in [3.63, 3.8) is 0 Å². The van der Waals surface area contributed by atoms with E-state index in [0.717, 1.165) is 75.8 Å². The summed E-state index contributed by atoms with van der Waals surface area (Å²) in [5.41, 5.74) is 1.98. The van der Waals surface area contributed by atoms with Gasteiger partial charge in [0.15, 0.2) is 5.69 Å². The molecule has 3 aliphatic rings. The van der Waals surface area contributed by atoms with Crippen molar-refractivity contribution in [2.24, 2.45) is 0 Å². The Morgan fingerprint density at radius 3 is 2.30 bits per heavy atom. The maximum Gasteiger partial charge on any atom is 0.272 e. The Balaban J connectivity index is 1.37. The molecule has 9 heteroatoms. The SMILES string of the molecule is COc1cccc(OC)c1-c1cc(C(=O)N[C@@H](CCN2CCCCC2)CC(=O)NC2CCC2)nn1C1CCCC1. The second-order valence-electron chi connectivity index (χ2n) is 11.6. The van der Waals surface area contributed by atoms with Crippen LogP contribution in [0.1, 0.15) is 93.6 Å². The summed E-state index contributed by atoms with van der Waals surface area (Å²) in [5, 5.41) is 11.2. The highest BCUT2D eigenvalue weighted by Gasteiger charge is 2.29. The highest BCUT2D eigenvalue weighted by atomic mass is 16.5. The average Bonchev–Trinajstić information content (AvgIpc) is 3.64. The van der Waals surface area contributed by atoms with Crippen LogP contribution < -0.4 is 20.1 Å². The third-order valence-corrected chi connectivity index (χ3v) is 8.80. The van der Waals surface area contributed by atoms with Crippen molar-refractivity contribution >= 4 is 11.8 Å². The standard InChI is InChI=1S/C31H45N5O4/c1-39-27-14-9-15-28(40-2)30(27)26-21-25(34-36(26)24-12-4-5-13-24)31(38)33-23(16-19-35-17-6-3-7-18-35)20-29(37)32-22-10-8-11-22/h9,14-15,21-24H,3-8,10-13,16-20H2,1-2H3,(H,32,37)(H,33,38)/t23-/m0/s1. The van der Waals surface area contributed by atoms with Crippen molar-refractivity contribution in [2.75, 3.05) is 33.9 Å². The number of benzene rings is 1. The first-order chi connectivity index (χ1) is 19.6. The second kappa shape index (κ2) is 13.5. The molecule has 0 radical (unpaired) electrons. The van der Waals surface area contributed by atoms with Crippen LogP contribution in [0.4, 0.5) is 0 Å². The molecule has 40 heavy (non-hydrogen) atoms. The number of hydrogen-bond acceptors (Lipinski definition) is 6. The lowest BCUT2D eigenvalue weighted by Gasteiger charge is -2.29. The fourth-order valence-corrected chi connectivity index (χ4v) is 6.29. The zero-order valence-corrected chi connectivity index (χ0v) is 24.1. The Kier molecular flexibility index (Phi) is 9.62. The molecule has 3 fully saturated rings. The summed E-state index contributed by atoms with van der Waals surface area (Å²) in [5.74, 6) is 1.13. The fraction of sp³-hybridized carbons (Fsp3) is 0.645. The molecule has 2 amide bonds. The van der Waals surface area contributed by atoms with E-state index in [9.17, 15) is 9.59 Å². The van der Waals surface area contributed by atoms with E-state index in [1.807, 2.05) is 28.9 Å². The fourth-order valence-electron chi connectivity index (χ4n) is 6.29. The van der Waals surface area contributed by atoms with Gasteiger partial charge in [-0.1, -0.05) is 25.3 Å². The summed E-state index contributed by atoms with van der Waals surface area (Å²) in [6.45, 7) is 3.05. The molecule has 1 aromatic heterocycles. The number of hydrogen-bond donors (Lipinski definition) is 2. The molecule has 9 nitrogen and oxygen atoms in total. The van der Waals surface area contributed by atoms with Crippen LogP contribution in [-0.4, -0.2) is 72.4 Å². The topological polar surface area (TPSA) is 97.7 Å². The van der Waals surface area contributed by atoms with Crippen molar-refractivity contribution in [2.45, 2.75) is 95.2 Å². The summed E-state index contributed by atoms with van der Waals surface area (Å²) in [7, 11) is 3.29. The van der Waals surface area contributed by atoms with E-state index in [0.29, 0.717) is 17.2 Å². The lowest BCUT2D eigenvalue weighted by atomic mass is 9.93. The van der Waals surface area contributed by atoms with Crippen LogP contribution in [0.5, 0.6) is 11.5 Å². The number of likely N-dealkylation sites (tertiary alicyclic amines) is 1. The Bertz CT molecular complexity index is 1130. The molecule has 2 N–H and O–H groups in total. The predicted molar refractivity (Wildman–Crippen MR) is 155 cm³/mol. The molecule has 2 heterocycles. The third kappa shape index (κ3) is 6.79. The highest BCUT2D eigenvalue weighted by molar-refractivity contribution is 5.94. The van der Waals surface area contributed by atoms with Gasteiger partial charge in [-0.3, -0.25) is 14.3 Å². The molecule has 5 rings (SSSR count). The molecule has 218 valence electrons. The van der Waals surface area contributed by atoms with E-state index in [1.165, 1.54) is 25.7 Å². The number of nitrogens with one attached hydrogen (secondary N) is 2. The third-order valence-electron chi connectivity index (χ3n) is 8.80. The van der Waals surface area contributed by atoms with Gasteiger partial charge in [0.05, 0.1) is 31.5 Å². The first kappa shape index (κ1) is 28.5. The number of nitrogens with zero attached hydrogens (tertiary/aromatic N) is 3. The Morgan fingerprint density at radius 1 is 0.975 bits per heavy atom. The highest BCUT2D eigenvalue weighted by Crippen LogP contribution is 2.41. The van der Waals surface area contributed by atoms with Gasteiger partial charge in [0.1, 0.15) is 11.5 Å². The van der Waals surface area contributed by atoms with E-state index in [2.05, 4.69) is 15.5 Å². The summed E-state index contributed by atoms with van der Waals surface area (Å²) >= 11 is 0. The smallest absolute Gasteiger partial charge is 0.272 e. The van der Waals surface area contributed by atoms with Gasteiger partial charge in [-0.05, 0) is 82.7 Å². The Labute approximate surface area is 238 Å². The van der Waals surface area contributed by atoms with Gasteiger partial charge in [-0.15, -0.1) is 0 Å². The van der Waals surface area contributed by atoms with Gasteiger partial charge in [0, 0.05) is 25.0 Å². The summed E-state index contributed by atoms with van der Waals surface area (Å²) in [6.07, 6.45) is 12.3. The van der Waals surface area contributed by atoms with Crippen LogP contribution in [-0.2, 0) is 4.79 Å². The summed E-state index contributed by atoms with van der Waals surface area (Å²) in [6, 6.07) is 7.80. The average molecular weight is 552 g/mol. The quantitative estimate of drug-likeness (QED) is 0.396. The Hall–Kier alpha value is -3.07. The van der Waals surface area contributed by atoms with Crippen molar-refractivity contribution in [3.05, 3.63) is 30.0 Å². The van der Waals surface area contributed by atoms with Crippen LogP contribution in [0.15, 0.2) is 24.3 Å². The first-order valence-corrected chi connectivity index (χ1v) is 15.2. The van der Waals surface area contributed by atoms with Crippen LogP contribution in [0.2, 0.25) is 0 Å². The van der Waals surface area contributed by atoms with Gasteiger partial charge in [0.25, 0.3) is 5.91 Å². The number of carbonyl (C=O) groups is 2. The predicted octanol–water partition coefficient (Wildman–Crippen LogP) is 4.72. The lowest BCUT2D eigenvalue weighted by Crippen LogP contribution is -2.45. The number of carbonyl (C=O) groups excluding carboxylic acids is 2. The van der Waals surface area contributed by atoms with Crippen LogP contribution in [0.25, 0.3) is 11.3 Å². The van der Waals surface area contributed by atoms with E-state index in [4.69, 9.17) is 14.6 Å². The molecule has 0 bridgehead atoms. The minimum atomic E-state index is -0.254. The van der Waals surface area contributed by atoms with Crippen molar-refractivity contribution < 1.29 is 19.1 Å². The van der Waals surface area contributed by atoms with E-state index in [1.54, 1.807) is 14.2 Å². The molecule has 1 aliphatic heterocycles. The van der Waals surface area contributed by atoms with Crippen LogP contribution in [0.3, 0.4) is 0 Å². The minimum Gasteiger partial charge on any atom is -0.496 e. The molecule has 0 unspecified atom stereocenters. The largest absolute Gasteiger partial charge is 0.496 e. The van der Waals surface area contributed by atoms with Gasteiger partial charge >= 0.3 is 0 Å². The van der Waals surface area contributed by atoms with Gasteiger partial charge < -0.3 is 25.0 Å². The number of ether oxygens (including phenoxy) is 2. The maximum atomic E-state index is 13.7. The lowest BCUT2D eigenvalue weighted by molar-refractivity contribution is -0.122. The summed E-state index contributed by atoms with van der Waals surface area (Å²) < 4.78 is 13.4. The van der Waals surface area contributed by atoms with E-state index < -0.39 is 0 Å². The normalized spacial score (nSPS) is 19.1. The summed E-state index contributed by atoms with van der Waals surface area (Å²) in [4.78, 5) is 29.0. The molecule has 1 saturated heterocycles. The molecule has 1 aromatic carbocycles. The van der Waals surface area contributed by atoms with Crippen molar-refractivity contribution in [1.82, 2.24) is 25.3 Å². The molecular formula is C31H45N5O4. The zero-order valence-electron chi connectivity index (χ0n) is 24.1.